The van der Waals surface area contributed by atoms with E-state index in [9.17, 15) is 4.79 Å². The zero-order valence-corrected chi connectivity index (χ0v) is 14.9. The van der Waals surface area contributed by atoms with Crippen molar-refractivity contribution in [1.82, 2.24) is 10.1 Å². The topological polar surface area (TPSA) is 74.5 Å². The Labute approximate surface area is 151 Å². The molecular weight excluding hydrogens is 332 g/mol. The lowest BCUT2D eigenvalue weighted by atomic mass is 9.86. The molecule has 2 aromatic heterocycles. The number of carbonyl (C=O) groups is 1. The number of esters is 1. The van der Waals surface area contributed by atoms with Gasteiger partial charge >= 0.3 is 5.97 Å². The Morgan fingerprint density at radius 3 is 2.77 bits per heavy atom. The maximum atomic E-state index is 12.5. The highest BCUT2D eigenvalue weighted by Gasteiger charge is 2.32. The van der Waals surface area contributed by atoms with Crippen LogP contribution in [0.15, 0.2) is 59.4 Å². The fourth-order valence-corrected chi connectivity index (χ4v) is 2.46. The van der Waals surface area contributed by atoms with E-state index in [2.05, 4.69) is 10.1 Å². The van der Waals surface area contributed by atoms with Gasteiger partial charge in [0.25, 0.3) is 0 Å². The number of carbonyl (C=O) groups excluding carboxylic acids is 1. The first-order chi connectivity index (χ1) is 12.5. The molecule has 0 unspecified atom stereocenters. The summed E-state index contributed by atoms with van der Waals surface area (Å²) in [5, 5.41) is 3.97. The molecule has 1 aromatic carbocycles. The number of nitrogens with zero attached hydrogens (tertiary/aromatic N) is 2. The SMILES string of the molecule is COc1cccc(-c2cc(COC(=O)C(C)(C)c3cccnc3)no2)c1. The van der Waals surface area contributed by atoms with Crippen LogP contribution >= 0.6 is 0 Å². The van der Waals surface area contributed by atoms with E-state index in [0.29, 0.717) is 11.5 Å². The van der Waals surface area contributed by atoms with Gasteiger partial charge in [0.1, 0.15) is 18.1 Å². The summed E-state index contributed by atoms with van der Waals surface area (Å²) in [7, 11) is 1.61. The highest BCUT2D eigenvalue weighted by atomic mass is 16.5. The summed E-state index contributed by atoms with van der Waals surface area (Å²) in [6, 6.07) is 12.9. The zero-order valence-electron chi connectivity index (χ0n) is 14.9. The molecule has 6 nitrogen and oxygen atoms in total. The molecule has 2 heterocycles. The van der Waals surface area contributed by atoms with Crippen LogP contribution in [-0.4, -0.2) is 23.2 Å². The Morgan fingerprint density at radius 1 is 1.19 bits per heavy atom. The lowest BCUT2D eigenvalue weighted by molar-refractivity contribution is -0.150. The third-order valence-corrected chi connectivity index (χ3v) is 4.16. The van der Waals surface area contributed by atoms with Crippen LogP contribution in [0.1, 0.15) is 25.1 Å². The summed E-state index contributed by atoms with van der Waals surface area (Å²) in [6.07, 6.45) is 3.33. The molecule has 0 saturated carbocycles. The normalized spacial score (nSPS) is 11.2. The molecule has 0 bridgehead atoms. The summed E-state index contributed by atoms with van der Waals surface area (Å²) in [4.78, 5) is 16.5. The largest absolute Gasteiger partial charge is 0.497 e. The second-order valence-electron chi connectivity index (χ2n) is 6.36. The second-order valence-corrected chi connectivity index (χ2v) is 6.36. The Kier molecular flexibility index (Phi) is 5.02. The molecule has 3 rings (SSSR count). The number of benzene rings is 1. The zero-order chi connectivity index (χ0) is 18.6. The van der Waals surface area contributed by atoms with Crippen molar-refractivity contribution in [1.29, 1.82) is 0 Å². The average molecular weight is 352 g/mol. The quantitative estimate of drug-likeness (QED) is 0.629. The number of rotatable bonds is 6. The van der Waals surface area contributed by atoms with Crippen molar-refractivity contribution < 1.29 is 18.8 Å². The molecule has 0 aliphatic rings. The predicted molar refractivity (Wildman–Crippen MR) is 95.6 cm³/mol. The number of methoxy groups -OCH3 is 1. The van der Waals surface area contributed by atoms with Crippen molar-refractivity contribution in [3.63, 3.8) is 0 Å². The van der Waals surface area contributed by atoms with Gasteiger partial charge in [0.2, 0.25) is 0 Å². The van der Waals surface area contributed by atoms with Crippen LogP contribution < -0.4 is 4.74 Å². The van der Waals surface area contributed by atoms with E-state index in [0.717, 1.165) is 16.9 Å². The third-order valence-electron chi connectivity index (χ3n) is 4.16. The highest BCUT2D eigenvalue weighted by molar-refractivity contribution is 5.82. The van der Waals surface area contributed by atoms with Crippen LogP contribution in [0.2, 0.25) is 0 Å². The molecule has 0 spiro atoms. The van der Waals surface area contributed by atoms with Gasteiger partial charge in [-0.1, -0.05) is 23.4 Å². The minimum atomic E-state index is -0.798. The molecule has 26 heavy (non-hydrogen) atoms. The highest BCUT2D eigenvalue weighted by Crippen LogP contribution is 2.26. The summed E-state index contributed by atoms with van der Waals surface area (Å²) < 4.78 is 16.0. The first-order valence-corrected chi connectivity index (χ1v) is 8.18. The monoisotopic (exact) mass is 352 g/mol. The molecular formula is C20H20N2O4. The number of aromatic nitrogens is 2. The second kappa shape index (κ2) is 7.39. The van der Waals surface area contributed by atoms with E-state index in [1.165, 1.54) is 0 Å². The lowest BCUT2D eigenvalue weighted by Gasteiger charge is -2.22. The van der Waals surface area contributed by atoms with E-state index >= 15 is 0 Å². The Bertz CT molecular complexity index is 888. The summed E-state index contributed by atoms with van der Waals surface area (Å²) in [6.45, 7) is 3.64. The standard InChI is InChI=1S/C20H20N2O4/c1-20(2,15-7-5-9-21-12-15)19(23)25-13-16-11-18(26-22-16)14-6-4-8-17(10-14)24-3/h4-12H,13H2,1-3H3. The number of ether oxygens (including phenoxy) is 2. The van der Waals surface area contributed by atoms with Crippen molar-refractivity contribution in [2.75, 3.05) is 7.11 Å². The first-order valence-electron chi connectivity index (χ1n) is 8.18. The van der Waals surface area contributed by atoms with Crippen LogP contribution in [-0.2, 0) is 21.6 Å². The van der Waals surface area contributed by atoms with Crippen LogP contribution in [0.3, 0.4) is 0 Å². The van der Waals surface area contributed by atoms with Crippen LogP contribution in [0.5, 0.6) is 5.75 Å². The van der Waals surface area contributed by atoms with Crippen molar-refractivity contribution in [2.45, 2.75) is 25.9 Å². The molecule has 0 aliphatic carbocycles. The van der Waals surface area contributed by atoms with E-state index in [-0.39, 0.29) is 12.6 Å². The number of pyridine rings is 1. The summed E-state index contributed by atoms with van der Waals surface area (Å²) >= 11 is 0. The van der Waals surface area contributed by atoms with Gasteiger partial charge in [0, 0.05) is 24.0 Å². The maximum absolute atomic E-state index is 12.5. The Balaban J connectivity index is 1.67. The van der Waals surface area contributed by atoms with E-state index in [4.69, 9.17) is 14.0 Å². The molecule has 0 fully saturated rings. The van der Waals surface area contributed by atoms with Crippen molar-refractivity contribution in [3.8, 4) is 17.1 Å². The number of hydrogen-bond donors (Lipinski definition) is 0. The number of hydrogen-bond acceptors (Lipinski definition) is 6. The maximum Gasteiger partial charge on any atom is 0.316 e. The molecule has 0 radical (unpaired) electrons. The molecule has 134 valence electrons. The minimum absolute atomic E-state index is 0.0377. The molecule has 3 aromatic rings. The van der Waals surface area contributed by atoms with Gasteiger partial charge in [0.05, 0.1) is 12.5 Å². The van der Waals surface area contributed by atoms with Gasteiger partial charge in [-0.2, -0.15) is 0 Å². The Morgan fingerprint density at radius 2 is 2.04 bits per heavy atom. The predicted octanol–water partition coefficient (Wildman–Crippen LogP) is 3.77. The van der Waals surface area contributed by atoms with Crippen molar-refractivity contribution >= 4 is 5.97 Å². The first kappa shape index (κ1) is 17.7. The van der Waals surface area contributed by atoms with Gasteiger partial charge in [-0.3, -0.25) is 9.78 Å². The molecule has 0 saturated heterocycles. The molecule has 0 aliphatic heterocycles. The van der Waals surface area contributed by atoms with Crippen molar-refractivity contribution in [3.05, 3.63) is 66.1 Å². The minimum Gasteiger partial charge on any atom is -0.497 e. The molecule has 0 N–H and O–H groups in total. The lowest BCUT2D eigenvalue weighted by Crippen LogP contribution is -2.31. The van der Waals surface area contributed by atoms with Gasteiger partial charge < -0.3 is 14.0 Å². The molecule has 0 atom stereocenters. The molecule has 0 amide bonds. The van der Waals surface area contributed by atoms with Crippen LogP contribution in [0.25, 0.3) is 11.3 Å². The average Bonchev–Trinajstić information content (AvgIpc) is 3.16. The Hall–Kier alpha value is -3.15. The van der Waals surface area contributed by atoms with Gasteiger partial charge in [-0.25, -0.2) is 0 Å². The molecule has 6 heteroatoms. The van der Waals surface area contributed by atoms with Crippen molar-refractivity contribution in [2.24, 2.45) is 0 Å². The summed E-state index contributed by atoms with van der Waals surface area (Å²) in [5.41, 5.74) is 1.37. The fourth-order valence-electron chi connectivity index (χ4n) is 2.46. The van der Waals surface area contributed by atoms with E-state index < -0.39 is 5.41 Å². The van der Waals surface area contributed by atoms with Gasteiger partial charge in [-0.15, -0.1) is 0 Å². The fraction of sp³-hybridized carbons (Fsp3) is 0.250. The smallest absolute Gasteiger partial charge is 0.316 e. The van der Waals surface area contributed by atoms with Gasteiger partial charge in [0.15, 0.2) is 5.76 Å². The van der Waals surface area contributed by atoms with E-state index in [1.807, 2.05) is 30.3 Å². The third kappa shape index (κ3) is 3.74. The van der Waals surface area contributed by atoms with Crippen LogP contribution in [0.4, 0.5) is 0 Å². The summed E-state index contributed by atoms with van der Waals surface area (Å²) in [5.74, 6) is 0.961. The van der Waals surface area contributed by atoms with Gasteiger partial charge in [-0.05, 0) is 37.6 Å². The van der Waals surface area contributed by atoms with Crippen LogP contribution in [0, 0.1) is 0 Å². The van der Waals surface area contributed by atoms with E-state index in [1.54, 1.807) is 45.5 Å².